The molecule has 0 unspecified atom stereocenters. The van der Waals surface area contributed by atoms with Gasteiger partial charge in [0.2, 0.25) is 5.91 Å². The largest absolute Gasteiger partial charge is 0.381 e. The Hall–Kier alpha value is -1.39. The molecule has 1 aromatic rings. The third-order valence-corrected chi connectivity index (χ3v) is 4.18. The van der Waals surface area contributed by atoms with E-state index in [0.29, 0.717) is 12.1 Å². The van der Waals surface area contributed by atoms with Gasteiger partial charge in [0.1, 0.15) is 0 Å². The number of hydrogen-bond donors (Lipinski definition) is 2. The molecule has 2 fully saturated rings. The van der Waals surface area contributed by atoms with Crippen molar-refractivity contribution in [3.8, 4) is 0 Å². The number of rotatable bonds is 6. The van der Waals surface area contributed by atoms with E-state index < -0.39 is 0 Å². The summed E-state index contributed by atoms with van der Waals surface area (Å²) in [6.45, 7) is 1.58. The van der Waals surface area contributed by atoms with Crippen molar-refractivity contribution >= 4 is 5.91 Å². The van der Waals surface area contributed by atoms with Gasteiger partial charge in [-0.25, -0.2) is 0 Å². The molecule has 0 spiro atoms. The van der Waals surface area contributed by atoms with Crippen LogP contribution in [-0.4, -0.2) is 37.2 Å². The summed E-state index contributed by atoms with van der Waals surface area (Å²) >= 11 is 0. The minimum atomic E-state index is -0.143. The highest BCUT2D eigenvalue weighted by molar-refractivity contribution is 5.82. The third-order valence-electron chi connectivity index (χ3n) is 4.18. The Balaban J connectivity index is 1.62. The van der Waals surface area contributed by atoms with Crippen molar-refractivity contribution in [2.45, 2.75) is 50.2 Å². The van der Waals surface area contributed by atoms with Crippen molar-refractivity contribution in [3.05, 3.63) is 35.9 Å². The van der Waals surface area contributed by atoms with Crippen LogP contribution in [0.2, 0.25) is 0 Å². The van der Waals surface area contributed by atoms with E-state index in [0.717, 1.165) is 45.3 Å². The average molecular weight is 288 g/mol. The summed E-state index contributed by atoms with van der Waals surface area (Å²) in [5.41, 5.74) is 1.20. The monoisotopic (exact) mass is 288 g/mol. The molecule has 114 valence electrons. The molecule has 1 amide bonds. The molecular weight excluding hydrogens is 264 g/mol. The smallest absolute Gasteiger partial charge is 0.237 e. The first-order valence-electron chi connectivity index (χ1n) is 7.99. The summed E-state index contributed by atoms with van der Waals surface area (Å²) in [5, 5.41) is 6.68. The number of amides is 1. The summed E-state index contributed by atoms with van der Waals surface area (Å²) in [6, 6.07) is 10.9. The van der Waals surface area contributed by atoms with Crippen molar-refractivity contribution < 1.29 is 9.53 Å². The van der Waals surface area contributed by atoms with E-state index in [1.807, 2.05) is 18.2 Å². The van der Waals surface area contributed by atoms with Gasteiger partial charge < -0.3 is 15.4 Å². The normalized spacial score (nSPS) is 21.0. The minimum Gasteiger partial charge on any atom is -0.381 e. The summed E-state index contributed by atoms with van der Waals surface area (Å²) in [6.07, 6.45) is 4.98. The van der Waals surface area contributed by atoms with E-state index in [1.165, 1.54) is 5.56 Å². The minimum absolute atomic E-state index is 0.143. The van der Waals surface area contributed by atoms with Crippen LogP contribution in [0.3, 0.4) is 0 Å². The molecule has 4 heteroatoms. The van der Waals surface area contributed by atoms with Crippen LogP contribution in [0.4, 0.5) is 0 Å². The Morgan fingerprint density at radius 2 is 1.81 bits per heavy atom. The van der Waals surface area contributed by atoms with Crippen LogP contribution >= 0.6 is 0 Å². The summed E-state index contributed by atoms with van der Waals surface area (Å²) in [4.78, 5) is 12.5. The lowest BCUT2D eigenvalue weighted by Gasteiger charge is -2.28. The summed E-state index contributed by atoms with van der Waals surface area (Å²) < 4.78 is 5.39. The number of hydrogen-bond acceptors (Lipinski definition) is 3. The van der Waals surface area contributed by atoms with Crippen molar-refractivity contribution in [2.24, 2.45) is 0 Å². The van der Waals surface area contributed by atoms with Crippen LogP contribution in [0.25, 0.3) is 0 Å². The van der Waals surface area contributed by atoms with E-state index in [2.05, 4.69) is 22.8 Å². The van der Waals surface area contributed by atoms with Gasteiger partial charge >= 0.3 is 0 Å². The number of benzene rings is 1. The molecule has 1 aliphatic carbocycles. The summed E-state index contributed by atoms with van der Waals surface area (Å²) in [5.74, 6) is 0.146. The van der Waals surface area contributed by atoms with E-state index in [4.69, 9.17) is 4.74 Å². The predicted molar refractivity (Wildman–Crippen MR) is 82.1 cm³/mol. The van der Waals surface area contributed by atoms with E-state index in [-0.39, 0.29) is 11.9 Å². The Morgan fingerprint density at radius 1 is 1.10 bits per heavy atom. The Kier molecular flexibility index (Phi) is 4.88. The number of ether oxygens (including phenoxy) is 1. The number of carbonyl (C=O) groups is 1. The molecule has 2 aliphatic rings. The molecule has 0 bridgehead atoms. The van der Waals surface area contributed by atoms with Gasteiger partial charge in [-0.2, -0.15) is 0 Å². The molecule has 3 rings (SSSR count). The average Bonchev–Trinajstić information content (AvgIpc) is 3.33. The molecule has 1 saturated heterocycles. The lowest BCUT2D eigenvalue weighted by molar-refractivity contribution is -0.123. The third kappa shape index (κ3) is 4.55. The van der Waals surface area contributed by atoms with Crippen LogP contribution in [-0.2, 0) is 16.0 Å². The topological polar surface area (TPSA) is 50.4 Å². The second kappa shape index (κ2) is 7.05. The molecule has 21 heavy (non-hydrogen) atoms. The van der Waals surface area contributed by atoms with Crippen molar-refractivity contribution in [1.29, 1.82) is 0 Å². The van der Waals surface area contributed by atoms with Gasteiger partial charge in [0.25, 0.3) is 0 Å². The molecule has 1 heterocycles. The van der Waals surface area contributed by atoms with Gasteiger partial charge in [0.05, 0.1) is 6.04 Å². The van der Waals surface area contributed by atoms with Gasteiger partial charge in [0.15, 0.2) is 0 Å². The van der Waals surface area contributed by atoms with Crippen LogP contribution in [0.1, 0.15) is 31.2 Å². The fourth-order valence-electron chi connectivity index (χ4n) is 2.76. The van der Waals surface area contributed by atoms with Gasteiger partial charge in [-0.1, -0.05) is 30.3 Å². The quantitative estimate of drug-likeness (QED) is 0.837. The van der Waals surface area contributed by atoms with E-state index in [9.17, 15) is 4.79 Å². The Bertz CT molecular complexity index is 453. The fourth-order valence-corrected chi connectivity index (χ4v) is 2.76. The highest BCUT2D eigenvalue weighted by Gasteiger charge is 2.29. The van der Waals surface area contributed by atoms with Crippen molar-refractivity contribution in [1.82, 2.24) is 10.6 Å². The van der Waals surface area contributed by atoms with Gasteiger partial charge in [0, 0.05) is 25.3 Å². The Labute approximate surface area is 126 Å². The van der Waals surface area contributed by atoms with Crippen LogP contribution in [0, 0.1) is 0 Å². The standard InChI is InChI=1S/C17H24N2O2/c20-17(19-14-6-7-14)16(12-13-4-2-1-3-5-13)18-15-8-10-21-11-9-15/h1-5,14-16,18H,6-12H2,(H,19,20)/t16-/m1/s1. The lowest BCUT2D eigenvalue weighted by atomic mass is 10.0. The molecule has 0 aromatic heterocycles. The van der Waals surface area contributed by atoms with Gasteiger partial charge in [-0.15, -0.1) is 0 Å². The molecule has 0 radical (unpaired) electrons. The highest BCUT2D eigenvalue weighted by atomic mass is 16.5. The van der Waals surface area contributed by atoms with Crippen LogP contribution in [0.5, 0.6) is 0 Å². The molecular formula is C17H24N2O2. The maximum Gasteiger partial charge on any atom is 0.237 e. The predicted octanol–water partition coefficient (Wildman–Crippen LogP) is 1.64. The SMILES string of the molecule is O=C(NC1CC1)[C@@H](Cc1ccccc1)NC1CCOCC1. The molecule has 1 aliphatic heterocycles. The molecule has 4 nitrogen and oxygen atoms in total. The second-order valence-corrected chi connectivity index (χ2v) is 6.08. The Morgan fingerprint density at radius 3 is 2.48 bits per heavy atom. The number of carbonyl (C=O) groups excluding carboxylic acids is 1. The number of nitrogens with one attached hydrogen (secondary N) is 2. The molecule has 1 aromatic carbocycles. The molecule has 2 N–H and O–H groups in total. The van der Waals surface area contributed by atoms with E-state index >= 15 is 0 Å². The zero-order chi connectivity index (χ0) is 14.5. The zero-order valence-corrected chi connectivity index (χ0v) is 12.4. The lowest BCUT2D eigenvalue weighted by Crippen LogP contribution is -2.51. The zero-order valence-electron chi connectivity index (χ0n) is 12.4. The first-order chi connectivity index (χ1) is 10.3. The van der Waals surface area contributed by atoms with Crippen molar-refractivity contribution in [3.63, 3.8) is 0 Å². The summed E-state index contributed by atoms with van der Waals surface area (Å²) in [7, 11) is 0. The maximum atomic E-state index is 12.5. The maximum absolute atomic E-state index is 12.5. The first kappa shape index (κ1) is 14.5. The van der Waals surface area contributed by atoms with Crippen LogP contribution < -0.4 is 10.6 Å². The van der Waals surface area contributed by atoms with Crippen molar-refractivity contribution in [2.75, 3.05) is 13.2 Å². The van der Waals surface area contributed by atoms with E-state index in [1.54, 1.807) is 0 Å². The highest BCUT2D eigenvalue weighted by Crippen LogP contribution is 2.19. The van der Waals surface area contributed by atoms with Gasteiger partial charge in [-0.05, 0) is 37.7 Å². The second-order valence-electron chi connectivity index (χ2n) is 6.08. The first-order valence-corrected chi connectivity index (χ1v) is 7.99. The molecule has 1 atom stereocenters. The molecule has 1 saturated carbocycles. The van der Waals surface area contributed by atoms with Gasteiger partial charge in [-0.3, -0.25) is 4.79 Å². The van der Waals surface area contributed by atoms with Crippen LogP contribution in [0.15, 0.2) is 30.3 Å². The fraction of sp³-hybridized carbons (Fsp3) is 0.588.